The summed E-state index contributed by atoms with van der Waals surface area (Å²) in [5.41, 5.74) is 3.88. The molecule has 4 heteroatoms. The Labute approximate surface area is 109 Å². The molecule has 0 fully saturated rings. The van der Waals surface area contributed by atoms with Crippen LogP contribution in [0.15, 0.2) is 47.3 Å². The predicted molar refractivity (Wildman–Crippen MR) is 74.2 cm³/mol. The molecule has 0 saturated carbocycles. The van der Waals surface area contributed by atoms with E-state index in [1.165, 1.54) is 0 Å². The average molecular weight is 254 g/mol. The SMILES string of the molecule is Cc1ccccc1C(O)c1ccc2[nH]c(=O)[nH]c2c1. The molecule has 0 aliphatic carbocycles. The molecule has 19 heavy (non-hydrogen) atoms. The molecule has 2 aromatic carbocycles. The minimum atomic E-state index is -0.691. The van der Waals surface area contributed by atoms with Gasteiger partial charge in [-0.3, -0.25) is 0 Å². The lowest BCUT2D eigenvalue weighted by Crippen LogP contribution is -2.01. The summed E-state index contributed by atoms with van der Waals surface area (Å²) in [6, 6.07) is 13.1. The second kappa shape index (κ2) is 4.40. The van der Waals surface area contributed by atoms with Crippen LogP contribution in [0.2, 0.25) is 0 Å². The Bertz CT molecular complexity index is 786. The smallest absolute Gasteiger partial charge is 0.323 e. The van der Waals surface area contributed by atoms with Gasteiger partial charge in [-0.25, -0.2) is 4.79 Å². The topological polar surface area (TPSA) is 68.9 Å². The molecule has 3 aromatic rings. The summed E-state index contributed by atoms with van der Waals surface area (Å²) in [6.45, 7) is 1.97. The molecule has 1 unspecified atom stereocenters. The first-order valence-corrected chi connectivity index (χ1v) is 6.11. The third-order valence-electron chi connectivity index (χ3n) is 3.34. The molecular formula is C15H14N2O2. The van der Waals surface area contributed by atoms with Crippen molar-refractivity contribution in [1.82, 2.24) is 9.97 Å². The zero-order valence-corrected chi connectivity index (χ0v) is 10.5. The van der Waals surface area contributed by atoms with Crippen LogP contribution < -0.4 is 5.69 Å². The first-order valence-electron chi connectivity index (χ1n) is 6.11. The normalized spacial score (nSPS) is 12.7. The van der Waals surface area contributed by atoms with Crippen molar-refractivity contribution < 1.29 is 5.11 Å². The van der Waals surface area contributed by atoms with Crippen molar-refractivity contribution in [2.45, 2.75) is 13.0 Å². The number of nitrogens with one attached hydrogen (secondary N) is 2. The van der Waals surface area contributed by atoms with Crippen LogP contribution in [0.25, 0.3) is 11.0 Å². The number of H-pyrrole nitrogens is 2. The van der Waals surface area contributed by atoms with Crippen molar-refractivity contribution in [2.75, 3.05) is 0 Å². The van der Waals surface area contributed by atoms with Crippen molar-refractivity contribution in [2.24, 2.45) is 0 Å². The maximum Gasteiger partial charge on any atom is 0.323 e. The number of aryl methyl sites for hydroxylation is 1. The maximum atomic E-state index is 11.2. The third kappa shape index (κ3) is 2.06. The van der Waals surface area contributed by atoms with E-state index >= 15 is 0 Å². The third-order valence-corrected chi connectivity index (χ3v) is 3.34. The summed E-state index contributed by atoms with van der Waals surface area (Å²) >= 11 is 0. The largest absolute Gasteiger partial charge is 0.384 e. The quantitative estimate of drug-likeness (QED) is 0.656. The highest BCUT2D eigenvalue weighted by Crippen LogP contribution is 2.26. The van der Waals surface area contributed by atoms with E-state index in [2.05, 4.69) is 9.97 Å². The lowest BCUT2D eigenvalue weighted by atomic mass is 9.97. The van der Waals surface area contributed by atoms with Gasteiger partial charge in [-0.1, -0.05) is 30.3 Å². The number of benzene rings is 2. The molecule has 0 spiro atoms. The monoisotopic (exact) mass is 254 g/mol. The minimum absolute atomic E-state index is 0.238. The van der Waals surface area contributed by atoms with E-state index in [4.69, 9.17) is 0 Å². The van der Waals surface area contributed by atoms with Gasteiger partial charge in [0, 0.05) is 0 Å². The van der Waals surface area contributed by atoms with Crippen molar-refractivity contribution in [3.05, 3.63) is 69.6 Å². The fourth-order valence-corrected chi connectivity index (χ4v) is 2.29. The lowest BCUT2D eigenvalue weighted by Gasteiger charge is -2.14. The molecule has 3 N–H and O–H groups in total. The molecule has 1 heterocycles. The summed E-state index contributed by atoms with van der Waals surface area (Å²) in [4.78, 5) is 16.6. The van der Waals surface area contributed by atoms with Gasteiger partial charge in [-0.05, 0) is 35.7 Å². The van der Waals surface area contributed by atoms with Gasteiger partial charge in [0.05, 0.1) is 11.0 Å². The molecule has 0 aliphatic heterocycles. The van der Waals surface area contributed by atoms with Crippen LogP contribution in [-0.2, 0) is 0 Å². The Balaban J connectivity index is 2.08. The van der Waals surface area contributed by atoms with E-state index in [1.54, 1.807) is 12.1 Å². The van der Waals surface area contributed by atoms with Crippen LogP contribution in [0.5, 0.6) is 0 Å². The molecule has 0 bridgehead atoms. The highest BCUT2D eigenvalue weighted by molar-refractivity contribution is 5.75. The Morgan fingerprint density at radius 2 is 1.79 bits per heavy atom. The first-order chi connectivity index (χ1) is 9.15. The Hall–Kier alpha value is -2.33. The van der Waals surface area contributed by atoms with Gasteiger partial charge >= 0.3 is 5.69 Å². The summed E-state index contributed by atoms with van der Waals surface area (Å²) in [6.07, 6.45) is -0.691. The van der Waals surface area contributed by atoms with Gasteiger partial charge in [0.1, 0.15) is 6.10 Å². The molecule has 1 atom stereocenters. The van der Waals surface area contributed by atoms with E-state index in [9.17, 15) is 9.90 Å². The summed E-state index contributed by atoms with van der Waals surface area (Å²) < 4.78 is 0. The first kappa shape index (κ1) is 11.7. The summed E-state index contributed by atoms with van der Waals surface area (Å²) in [5, 5.41) is 10.4. The lowest BCUT2D eigenvalue weighted by molar-refractivity contribution is 0.219. The molecule has 4 nitrogen and oxygen atoms in total. The predicted octanol–water partition coefficient (Wildman–Crippen LogP) is 2.25. The van der Waals surface area contributed by atoms with Crippen molar-refractivity contribution in [1.29, 1.82) is 0 Å². The van der Waals surface area contributed by atoms with E-state index in [-0.39, 0.29) is 5.69 Å². The number of rotatable bonds is 2. The molecule has 0 amide bonds. The molecular weight excluding hydrogens is 240 g/mol. The van der Waals surface area contributed by atoms with E-state index in [0.29, 0.717) is 5.52 Å². The van der Waals surface area contributed by atoms with Crippen LogP contribution in [0.1, 0.15) is 22.8 Å². The van der Waals surface area contributed by atoms with Crippen LogP contribution in [0.3, 0.4) is 0 Å². The molecule has 0 radical (unpaired) electrons. The minimum Gasteiger partial charge on any atom is -0.384 e. The van der Waals surface area contributed by atoms with Crippen molar-refractivity contribution >= 4 is 11.0 Å². The summed E-state index contributed by atoms with van der Waals surface area (Å²) in [5.74, 6) is 0. The van der Waals surface area contributed by atoms with E-state index in [1.807, 2.05) is 37.3 Å². The molecule has 96 valence electrons. The highest BCUT2D eigenvalue weighted by atomic mass is 16.3. The maximum absolute atomic E-state index is 11.2. The summed E-state index contributed by atoms with van der Waals surface area (Å²) in [7, 11) is 0. The number of aromatic amines is 2. The molecule has 0 aliphatic rings. The number of hydrogen-bond donors (Lipinski definition) is 3. The Morgan fingerprint density at radius 1 is 1.05 bits per heavy atom. The number of imidazole rings is 1. The number of fused-ring (bicyclic) bond motifs is 1. The fraction of sp³-hybridized carbons (Fsp3) is 0.133. The Kier molecular flexibility index (Phi) is 2.72. The zero-order chi connectivity index (χ0) is 13.4. The highest BCUT2D eigenvalue weighted by Gasteiger charge is 2.13. The van der Waals surface area contributed by atoms with Gasteiger partial charge < -0.3 is 15.1 Å². The van der Waals surface area contributed by atoms with Crippen molar-refractivity contribution in [3.63, 3.8) is 0 Å². The van der Waals surface area contributed by atoms with E-state index in [0.717, 1.165) is 22.2 Å². The second-order valence-electron chi connectivity index (χ2n) is 4.64. The molecule has 3 rings (SSSR count). The van der Waals surface area contributed by atoms with Gasteiger partial charge in [-0.2, -0.15) is 0 Å². The average Bonchev–Trinajstić information content (AvgIpc) is 2.77. The number of aromatic nitrogens is 2. The standard InChI is InChI=1S/C15H14N2O2/c1-9-4-2-3-5-11(9)14(18)10-6-7-12-13(8-10)17-15(19)16-12/h2-8,14,18H,1H3,(H2,16,17,19). The van der Waals surface area contributed by atoms with Gasteiger partial charge in [0.25, 0.3) is 0 Å². The molecule has 0 saturated heterocycles. The number of hydrogen-bond acceptors (Lipinski definition) is 2. The Morgan fingerprint density at radius 3 is 2.58 bits per heavy atom. The van der Waals surface area contributed by atoms with Crippen LogP contribution in [-0.4, -0.2) is 15.1 Å². The van der Waals surface area contributed by atoms with Crippen LogP contribution in [0, 0.1) is 6.92 Å². The van der Waals surface area contributed by atoms with Gasteiger partial charge in [0.15, 0.2) is 0 Å². The van der Waals surface area contributed by atoms with Crippen LogP contribution in [0.4, 0.5) is 0 Å². The zero-order valence-electron chi connectivity index (χ0n) is 10.5. The van der Waals surface area contributed by atoms with Gasteiger partial charge in [-0.15, -0.1) is 0 Å². The second-order valence-corrected chi connectivity index (χ2v) is 4.64. The van der Waals surface area contributed by atoms with Crippen LogP contribution >= 0.6 is 0 Å². The van der Waals surface area contributed by atoms with Crippen molar-refractivity contribution in [3.8, 4) is 0 Å². The molecule has 1 aromatic heterocycles. The number of aliphatic hydroxyl groups excluding tert-OH is 1. The van der Waals surface area contributed by atoms with Gasteiger partial charge in [0.2, 0.25) is 0 Å². The number of aliphatic hydroxyl groups is 1. The fourth-order valence-electron chi connectivity index (χ4n) is 2.29. The van der Waals surface area contributed by atoms with E-state index < -0.39 is 6.10 Å².